The maximum absolute atomic E-state index is 11.9. The SMILES string of the molecule is Cc1ccc(C2C(N)=NC(=O)N2C2CC2)c(Br)c1. The first kappa shape index (κ1) is 11.7. The van der Waals surface area contributed by atoms with Gasteiger partial charge in [-0.3, -0.25) is 0 Å². The maximum Gasteiger partial charge on any atom is 0.346 e. The summed E-state index contributed by atoms with van der Waals surface area (Å²) in [6.07, 6.45) is 2.10. The summed E-state index contributed by atoms with van der Waals surface area (Å²) in [5, 5.41) is 0. The van der Waals surface area contributed by atoms with E-state index in [0.717, 1.165) is 22.9 Å². The maximum atomic E-state index is 11.9. The Bertz CT molecular complexity index is 551. The van der Waals surface area contributed by atoms with Crippen LogP contribution in [0.15, 0.2) is 27.7 Å². The second kappa shape index (κ2) is 4.09. The molecule has 18 heavy (non-hydrogen) atoms. The molecule has 1 aliphatic carbocycles. The lowest BCUT2D eigenvalue weighted by Crippen LogP contribution is -2.35. The number of amides is 2. The minimum Gasteiger partial charge on any atom is -0.385 e. The first-order valence-corrected chi connectivity index (χ1v) is 6.79. The zero-order valence-electron chi connectivity index (χ0n) is 10.1. The van der Waals surface area contributed by atoms with Crippen LogP contribution in [0.25, 0.3) is 0 Å². The number of carbonyl (C=O) groups excluding carboxylic acids is 1. The van der Waals surface area contributed by atoms with Crippen LogP contribution in [0.5, 0.6) is 0 Å². The van der Waals surface area contributed by atoms with Gasteiger partial charge in [-0.15, -0.1) is 0 Å². The Morgan fingerprint density at radius 2 is 2.17 bits per heavy atom. The third kappa shape index (κ3) is 1.82. The molecule has 2 aliphatic rings. The number of halogens is 1. The van der Waals surface area contributed by atoms with Crippen molar-refractivity contribution in [2.24, 2.45) is 10.7 Å². The van der Waals surface area contributed by atoms with E-state index in [1.54, 1.807) is 0 Å². The Hall–Kier alpha value is -1.36. The summed E-state index contributed by atoms with van der Waals surface area (Å²) >= 11 is 3.55. The van der Waals surface area contributed by atoms with Gasteiger partial charge in [0.15, 0.2) is 0 Å². The highest BCUT2D eigenvalue weighted by Gasteiger charge is 2.44. The van der Waals surface area contributed by atoms with Crippen molar-refractivity contribution in [2.75, 3.05) is 0 Å². The lowest BCUT2D eigenvalue weighted by Gasteiger charge is -2.25. The van der Waals surface area contributed by atoms with Gasteiger partial charge >= 0.3 is 6.03 Å². The Labute approximate surface area is 114 Å². The highest BCUT2D eigenvalue weighted by molar-refractivity contribution is 9.10. The molecule has 0 saturated heterocycles. The van der Waals surface area contributed by atoms with Crippen LogP contribution in [-0.4, -0.2) is 22.8 Å². The van der Waals surface area contributed by atoms with Gasteiger partial charge in [0.2, 0.25) is 0 Å². The number of amidine groups is 1. The molecule has 1 aromatic carbocycles. The lowest BCUT2D eigenvalue weighted by atomic mass is 10.0. The second-order valence-corrected chi connectivity index (χ2v) is 5.74. The molecule has 1 saturated carbocycles. The van der Waals surface area contributed by atoms with Gasteiger partial charge in [-0.1, -0.05) is 28.1 Å². The summed E-state index contributed by atoms with van der Waals surface area (Å²) in [6.45, 7) is 2.03. The van der Waals surface area contributed by atoms with Gasteiger partial charge < -0.3 is 10.6 Å². The van der Waals surface area contributed by atoms with Crippen LogP contribution in [0.1, 0.15) is 30.0 Å². The predicted molar refractivity (Wildman–Crippen MR) is 73.5 cm³/mol. The Morgan fingerprint density at radius 3 is 2.78 bits per heavy atom. The van der Waals surface area contributed by atoms with Gasteiger partial charge in [0.25, 0.3) is 0 Å². The molecule has 2 N–H and O–H groups in total. The number of urea groups is 1. The lowest BCUT2D eigenvalue weighted by molar-refractivity contribution is 0.203. The van der Waals surface area contributed by atoms with Crippen molar-refractivity contribution in [1.29, 1.82) is 0 Å². The van der Waals surface area contributed by atoms with E-state index in [1.165, 1.54) is 5.56 Å². The van der Waals surface area contributed by atoms with E-state index in [9.17, 15) is 4.79 Å². The molecular formula is C13H14BrN3O. The van der Waals surface area contributed by atoms with Crippen molar-refractivity contribution < 1.29 is 4.79 Å². The molecule has 0 radical (unpaired) electrons. The minimum absolute atomic E-state index is 0.201. The summed E-state index contributed by atoms with van der Waals surface area (Å²) in [7, 11) is 0. The molecule has 1 fully saturated rings. The molecule has 0 bridgehead atoms. The van der Waals surface area contributed by atoms with Crippen LogP contribution in [-0.2, 0) is 0 Å². The topological polar surface area (TPSA) is 58.7 Å². The predicted octanol–water partition coefficient (Wildman–Crippen LogP) is 2.75. The standard InChI is InChI=1S/C13H14BrN3O/c1-7-2-5-9(10(14)6-7)11-12(15)16-13(18)17(11)8-3-4-8/h2,5-6,8,11H,3-4H2,1H3,(H2,15,16,18). The number of carbonyl (C=O) groups is 1. The fraction of sp³-hybridized carbons (Fsp3) is 0.385. The molecule has 1 aromatic rings. The van der Waals surface area contributed by atoms with Gasteiger partial charge in [0.05, 0.1) is 0 Å². The molecule has 2 amide bonds. The molecule has 1 aliphatic heterocycles. The Morgan fingerprint density at radius 1 is 1.44 bits per heavy atom. The molecule has 0 spiro atoms. The highest BCUT2D eigenvalue weighted by Crippen LogP contribution is 2.40. The fourth-order valence-corrected chi connectivity index (χ4v) is 3.08. The van der Waals surface area contributed by atoms with Gasteiger partial charge in [-0.25, -0.2) is 4.79 Å². The van der Waals surface area contributed by atoms with Crippen LogP contribution < -0.4 is 5.73 Å². The molecular weight excluding hydrogens is 294 g/mol. The smallest absolute Gasteiger partial charge is 0.346 e. The van der Waals surface area contributed by atoms with Crippen molar-refractivity contribution in [3.05, 3.63) is 33.8 Å². The first-order valence-electron chi connectivity index (χ1n) is 6.00. The monoisotopic (exact) mass is 307 g/mol. The van der Waals surface area contributed by atoms with Crippen LogP contribution in [0.2, 0.25) is 0 Å². The van der Waals surface area contributed by atoms with Crippen molar-refractivity contribution in [1.82, 2.24) is 4.90 Å². The van der Waals surface area contributed by atoms with E-state index in [0.29, 0.717) is 11.9 Å². The molecule has 5 heteroatoms. The summed E-state index contributed by atoms with van der Waals surface area (Å²) in [6, 6.07) is 5.98. The molecule has 1 unspecified atom stereocenters. The molecule has 1 atom stereocenters. The fourth-order valence-electron chi connectivity index (χ4n) is 2.37. The summed E-state index contributed by atoms with van der Waals surface area (Å²) in [5.41, 5.74) is 8.11. The van der Waals surface area contributed by atoms with Crippen molar-refractivity contribution >= 4 is 27.8 Å². The van der Waals surface area contributed by atoms with E-state index >= 15 is 0 Å². The minimum atomic E-state index is -0.208. The van der Waals surface area contributed by atoms with E-state index in [-0.39, 0.29) is 12.1 Å². The molecule has 3 rings (SSSR count). The van der Waals surface area contributed by atoms with Crippen molar-refractivity contribution in [3.63, 3.8) is 0 Å². The van der Waals surface area contributed by atoms with E-state index in [4.69, 9.17) is 5.73 Å². The second-order valence-electron chi connectivity index (χ2n) is 4.89. The van der Waals surface area contributed by atoms with Crippen molar-refractivity contribution in [2.45, 2.75) is 31.8 Å². The first-order chi connectivity index (χ1) is 8.58. The van der Waals surface area contributed by atoms with Gasteiger partial charge in [0.1, 0.15) is 11.9 Å². The van der Waals surface area contributed by atoms with E-state index in [2.05, 4.69) is 20.9 Å². The average Bonchev–Trinajstić information content (AvgIpc) is 3.06. The van der Waals surface area contributed by atoms with Gasteiger partial charge in [-0.05, 0) is 37.0 Å². The average molecular weight is 308 g/mol. The zero-order valence-corrected chi connectivity index (χ0v) is 11.6. The number of aryl methyl sites for hydroxylation is 1. The van der Waals surface area contributed by atoms with Crippen LogP contribution >= 0.6 is 15.9 Å². The molecule has 1 heterocycles. The number of rotatable bonds is 2. The number of benzene rings is 1. The summed E-state index contributed by atoms with van der Waals surface area (Å²) < 4.78 is 0.978. The van der Waals surface area contributed by atoms with Gasteiger partial charge in [-0.2, -0.15) is 4.99 Å². The van der Waals surface area contributed by atoms with E-state index in [1.807, 2.05) is 30.0 Å². The number of nitrogens with two attached hydrogens (primary N) is 1. The van der Waals surface area contributed by atoms with Crippen LogP contribution in [0, 0.1) is 6.92 Å². The quantitative estimate of drug-likeness (QED) is 0.913. The summed E-state index contributed by atoms with van der Waals surface area (Å²) in [5.74, 6) is 0.399. The van der Waals surface area contributed by atoms with E-state index < -0.39 is 0 Å². The largest absolute Gasteiger partial charge is 0.385 e. The highest BCUT2D eigenvalue weighted by atomic mass is 79.9. The molecule has 0 aromatic heterocycles. The normalized spacial score (nSPS) is 23.4. The third-order valence-corrected chi connectivity index (χ3v) is 4.08. The number of nitrogens with zero attached hydrogens (tertiary/aromatic N) is 2. The van der Waals surface area contributed by atoms with Crippen LogP contribution in [0.3, 0.4) is 0 Å². The number of hydrogen-bond acceptors (Lipinski definition) is 2. The zero-order chi connectivity index (χ0) is 12.9. The van der Waals surface area contributed by atoms with Gasteiger partial charge in [0, 0.05) is 10.5 Å². The number of hydrogen-bond donors (Lipinski definition) is 1. The van der Waals surface area contributed by atoms with Crippen LogP contribution in [0.4, 0.5) is 4.79 Å². The molecule has 94 valence electrons. The molecule has 4 nitrogen and oxygen atoms in total. The Balaban J connectivity index is 2.03. The Kier molecular flexibility index (Phi) is 2.66. The third-order valence-electron chi connectivity index (χ3n) is 3.39. The van der Waals surface area contributed by atoms with Crippen molar-refractivity contribution in [3.8, 4) is 0 Å². The number of aliphatic imine (C=N–C) groups is 1. The summed E-state index contributed by atoms with van der Waals surface area (Å²) in [4.78, 5) is 17.6.